The van der Waals surface area contributed by atoms with Crippen molar-refractivity contribution in [1.82, 2.24) is 14.9 Å². The van der Waals surface area contributed by atoms with Crippen LogP contribution in [0.25, 0.3) is 0 Å². The van der Waals surface area contributed by atoms with Crippen molar-refractivity contribution in [2.24, 2.45) is 0 Å². The van der Waals surface area contributed by atoms with Gasteiger partial charge < -0.3 is 20.3 Å². The van der Waals surface area contributed by atoms with E-state index in [4.69, 9.17) is 38.4 Å². The molecule has 0 saturated carbocycles. The minimum absolute atomic E-state index is 0.0728. The number of likely N-dealkylation sites (tertiary alicyclic amines) is 1. The number of piperidine rings is 1. The maximum Gasteiger partial charge on any atom is 0.330 e. The fourth-order valence-electron chi connectivity index (χ4n) is 4.36. The van der Waals surface area contributed by atoms with Gasteiger partial charge in [-0.15, -0.1) is 0 Å². The summed E-state index contributed by atoms with van der Waals surface area (Å²) < 4.78 is 10.8. The van der Waals surface area contributed by atoms with Crippen LogP contribution in [0.5, 0.6) is 11.5 Å². The first kappa shape index (κ1) is 24.3. The first-order valence-corrected chi connectivity index (χ1v) is 11.4. The van der Waals surface area contributed by atoms with Gasteiger partial charge in [0.15, 0.2) is 0 Å². The zero-order valence-electron chi connectivity index (χ0n) is 18.9. The average Bonchev–Trinajstić information content (AvgIpc) is 2.84. The molecule has 2 aliphatic rings. The van der Waals surface area contributed by atoms with Crippen LogP contribution in [0.4, 0.5) is 22.2 Å². The van der Waals surface area contributed by atoms with Crippen molar-refractivity contribution in [3.8, 4) is 11.5 Å². The van der Waals surface area contributed by atoms with Crippen molar-refractivity contribution in [2.45, 2.75) is 31.7 Å². The first-order valence-electron chi connectivity index (χ1n) is 10.7. The van der Waals surface area contributed by atoms with Gasteiger partial charge in [0.05, 0.1) is 26.5 Å². The zero-order valence-corrected chi connectivity index (χ0v) is 20.4. The van der Waals surface area contributed by atoms with E-state index < -0.39 is 6.23 Å². The molecule has 0 spiro atoms. The summed E-state index contributed by atoms with van der Waals surface area (Å²) in [5, 5.41) is 10.5. The highest BCUT2D eigenvalue weighted by atomic mass is 35.5. The van der Waals surface area contributed by atoms with Crippen molar-refractivity contribution in [2.75, 3.05) is 42.8 Å². The van der Waals surface area contributed by atoms with Crippen LogP contribution in [0.2, 0.25) is 10.0 Å². The van der Waals surface area contributed by atoms with Crippen LogP contribution in [-0.2, 0) is 6.54 Å². The predicted molar refractivity (Wildman–Crippen MR) is 131 cm³/mol. The molecular weight excluding hydrogens is 483 g/mol. The molecular formula is C22H26Cl2N6O4. The van der Waals surface area contributed by atoms with E-state index in [1.165, 1.54) is 25.2 Å². The molecule has 1 fully saturated rings. The van der Waals surface area contributed by atoms with Crippen LogP contribution in [0.1, 0.15) is 18.4 Å². The van der Waals surface area contributed by atoms with E-state index in [0.29, 0.717) is 48.8 Å². The van der Waals surface area contributed by atoms with Gasteiger partial charge in [0.25, 0.3) is 0 Å². The lowest BCUT2D eigenvalue weighted by Crippen LogP contribution is -2.56. The zero-order chi connectivity index (χ0) is 24.6. The summed E-state index contributed by atoms with van der Waals surface area (Å²) in [6.45, 7) is 4.93. The summed E-state index contributed by atoms with van der Waals surface area (Å²) in [4.78, 5) is 27.4. The van der Waals surface area contributed by atoms with Crippen LogP contribution in [-0.4, -0.2) is 65.6 Å². The second-order valence-electron chi connectivity index (χ2n) is 7.99. The number of amides is 2. The molecule has 2 amide bonds. The van der Waals surface area contributed by atoms with Gasteiger partial charge in [0, 0.05) is 37.0 Å². The second-order valence-corrected chi connectivity index (χ2v) is 8.75. The fraction of sp³-hybridized carbons (Fsp3) is 0.409. The number of carbonyl (C=O) groups excluding carboxylic acids is 1. The van der Waals surface area contributed by atoms with Crippen LogP contribution in [0.15, 0.2) is 24.9 Å². The second kappa shape index (κ2) is 9.83. The minimum Gasteiger partial charge on any atom is -0.495 e. The molecule has 4 rings (SSSR count). The Balaban J connectivity index is 1.77. The SMILES string of the molecule is C=CC(O)N1CCC(N2C(=O)N(c3c(Cl)c(OC)cc(OC)c3Cl)Cc3cnc(N)nc32)CC1. The summed E-state index contributed by atoms with van der Waals surface area (Å²) >= 11 is 13.3. The smallest absolute Gasteiger partial charge is 0.330 e. The number of urea groups is 1. The third-order valence-corrected chi connectivity index (χ3v) is 6.85. The number of anilines is 3. The highest BCUT2D eigenvalue weighted by molar-refractivity contribution is 6.42. The van der Waals surface area contributed by atoms with Gasteiger partial charge in [0.1, 0.15) is 33.6 Å². The number of benzene rings is 1. The highest BCUT2D eigenvalue weighted by Crippen LogP contribution is 2.48. The quantitative estimate of drug-likeness (QED) is 0.570. The number of aliphatic hydroxyl groups is 1. The van der Waals surface area contributed by atoms with E-state index >= 15 is 0 Å². The molecule has 12 heteroatoms. The summed E-state index contributed by atoms with van der Waals surface area (Å²) in [6.07, 6.45) is 3.56. The molecule has 1 saturated heterocycles. The van der Waals surface area contributed by atoms with E-state index in [0.717, 1.165) is 0 Å². The maximum absolute atomic E-state index is 13.9. The molecule has 0 aliphatic carbocycles. The number of halogens is 2. The fourth-order valence-corrected chi connectivity index (χ4v) is 5.07. The third-order valence-electron chi connectivity index (χ3n) is 6.12. The van der Waals surface area contributed by atoms with Crippen molar-refractivity contribution < 1.29 is 19.4 Å². The molecule has 1 unspecified atom stereocenters. The molecule has 1 aromatic heterocycles. The molecule has 2 aromatic rings. The Morgan fingerprint density at radius 1 is 1.24 bits per heavy atom. The average molecular weight is 509 g/mol. The summed E-state index contributed by atoms with van der Waals surface area (Å²) in [6, 6.07) is 1.02. The number of carbonyl (C=O) groups is 1. The number of methoxy groups -OCH3 is 2. The van der Waals surface area contributed by atoms with E-state index in [9.17, 15) is 9.90 Å². The monoisotopic (exact) mass is 508 g/mol. The lowest BCUT2D eigenvalue weighted by atomic mass is 10.0. The van der Waals surface area contributed by atoms with Crippen molar-refractivity contribution >= 4 is 46.7 Å². The predicted octanol–water partition coefficient (Wildman–Crippen LogP) is 3.30. The standard InChI is InChI=1S/C22H26Cl2N6O4/c1-4-16(31)28-7-5-13(6-8-28)30-20-12(10-26-21(25)27-20)11-29(22(30)32)19-17(23)14(33-2)9-15(34-3)18(19)24/h4,9-10,13,16,31H,1,5-8,11H2,2-3H3,(H2,25,26,27). The number of aliphatic hydroxyl groups excluding tert-OH is 1. The molecule has 3 heterocycles. The molecule has 3 N–H and O–H groups in total. The van der Waals surface area contributed by atoms with E-state index in [1.807, 2.05) is 4.90 Å². The van der Waals surface area contributed by atoms with E-state index in [2.05, 4.69) is 16.5 Å². The van der Waals surface area contributed by atoms with Gasteiger partial charge in [-0.25, -0.2) is 9.78 Å². The van der Waals surface area contributed by atoms with Crippen LogP contribution in [0, 0.1) is 0 Å². The van der Waals surface area contributed by atoms with Gasteiger partial charge in [-0.2, -0.15) is 4.98 Å². The summed E-state index contributed by atoms with van der Waals surface area (Å²) in [7, 11) is 2.94. The Hall–Kier alpha value is -2.79. The number of rotatable bonds is 6. The number of ether oxygens (including phenoxy) is 2. The summed E-state index contributed by atoms with van der Waals surface area (Å²) in [5.41, 5.74) is 6.83. The lowest BCUT2D eigenvalue weighted by molar-refractivity contribution is 0.0248. The molecule has 1 atom stereocenters. The topological polar surface area (TPSA) is 117 Å². The minimum atomic E-state index is -0.735. The number of fused-ring (bicyclic) bond motifs is 1. The number of aromatic nitrogens is 2. The Bertz CT molecular complexity index is 1080. The lowest BCUT2D eigenvalue weighted by Gasteiger charge is -2.44. The van der Waals surface area contributed by atoms with Gasteiger partial charge in [-0.3, -0.25) is 14.7 Å². The van der Waals surface area contributed by atoms with E-state index in [-0.39, 0.29) is 40.3 Å². The largest absolute Gasteiger partial charge is 0.495 e. The highest BCUT2D eigenvalue weighted by Gasteiger charge is 2.41. The van der Waals surface area contributed by atoms with E-state index in [1.54, 1.807) is 17.2 Å². The Morgan fingerprint density at radius 2 is 1.85 bits per heavy atom. The Labute approximate surface area is 207 Å². The van der Waals surface area contributed by atoms with Crippen molar-refractivity contribution in [1.29, 1.82) is 0 Å². The van der Waals surface area contributed by atoms with Gasteiger partial charge in [-0.1, -0.05) is 29.8 Å². The van der Waals surface area contributed by atoms with Crippen molar-refractivity contribution in [3.63, 3.8) is 0 Å². The number of hydrogen-bond donors (Lipinski definition) is 2. The van der Waals surface area contributed by atoms with Crippen LogP contribution < -0.4 is 25.0 Å². The maximum atomic E-state index is 13.9. The molecule has 10 nitrogen and oxygen atoms in total. The Morgan fingerprint density at radius 3 is 2.41 bits per heavy atom. The summed E-state index contributed by atoms with van der Waals surface area (Å²) in [5.74, 6) is 1.17. The van der Waals surface area contributed by atoms with Gasteiger partial charge in [0.2, 0.25) is 5.95 Å². The number of hydrogen-bond acceptors (Lipinski definition) is 8. The number of nitrogens with two attached hydrogens (primary N) is 1. The van der Waals surface area contributed by atoms with Gasteiger partial charge >= 0.3 is 6.03 Å². The normalized spacial score (nSPS) is 18.0. The molecule has 34 heavy (non-hydrogen) atoms. The molecule has 1 aromatic carbocycles. The molecule has 2 aliphatic heterocycles. The van der Waals surface area contributed by atoms with Crippen LogP contribution in [0.3, 0.4) is 0 Å². The molecule has 0 bridgehead atoms. The number of nitrogen functional groups attached to an aromatic ring is 1. The molecule has 0 radical (unpaired) electrons. The van der Waals surface area contributed by atoms with Crippen molar-refractivity contribution in [3.05, 3.63) is 40.5 Å². The van der Waals surface area contributed by atoms with Gasteiger partial charge in [-0.05, 0) is 18.9 Å². The third kappa shape index (κ3) is 4.22. The van der Waals surface area contributed by atoms with Crippen LogP contribution >= 0.6 is 23.2 Å². The Kier molecular flexibility index (Phi) is 7.04. The number of nitrogens with zero attached hydrogens (tertiary/aromatic N) is 5. The first-order chi connectivity index (χ1) is 16.3. The molecule has 182 valence electrons.